The Balaban J connectivity index is 2.43. The molecule has 2 rings (SSSR count). The summed E-state index contributed by atoms with van der Waals surface area (Å²) in [6, 6.07) is 9.69. The standard InChI is InChI=1S/C13H17N3O/c1-13(2,3)12(17)11-9-14-15-16(11)10-7-5-4-6-8-10/h4-9,12,17H,1-3H3. The molecule has 0 fully saturated rings. The van der Waals surface area contributed by atoms with Gasteiger partial charge in [-0.05, 0) is 17.5 Å². The zero-order chi connectivity index (χ0) is 12.5. The highest BCUT2D eigenvalue weighted by Gasteiger charge is 2.27. The summed E-state index contributed by atoms with van der Waals surface area (Å²) in [7, 11) is 0. The second-order valence-corrected chi connectivity index (χ2v) is 5.17. The first-order valence-corrected chi connectivity index (χ1v) is 5.64. The van der Waals surface area contributed by atoms with Crippen molar-refractivity contribution in [1.82, 2.24) is 15.0 Å². The maximum absolute atomic E-state index is 10.3. The van der Waals surface area contributed by atoms with E-state index in [-0.39, 0.29) is 5.41 Å². The van der Waals surface area contributed by atoms with Crippen LogP contribution in [0.4, 0.5) is 0 Å². The molecular weight excluding hydrogens is 214 g/mol. The zero-order valence-corrected chi connectivity index (χ0v) is 10.3. The predicted octanol–water partition coefficient (Wildman–Crippen LogP) is 2.35. The van der Waals surface area contributed by atoms with Gasteiger partial charge >= 0.3 is 0 Å². The molecule has 4 nitrogen and oxygen atoms in total. The van der Waals surface area contributed by atoms with Crippen molar-refractivity contribution in [3.8, 4) is 5.69 Å². The molecule has 1 atom stereocenters. The average Bonchev–Trinajstić information content (AvgIpc) is 2.76. The van der Waals surface area contributed by atoms with Crippen LogP contribution in [0.15, 0.2) is 36.5 Å². The fraction of sp³-hybridized carbons (Fsp3) is 0.385. The summed E-state index contributed by atoms with van der Waals surface area (Å²) in [5.41, 5.74) is 1.38. The van der Waals surface area contributed by atoms with Crippen molar-refractivity contribution in [1.29, 1.82) is 0 Å². The van der Waals surface area contributed by atoms with Gasteiger partial charge in [-0.2, -0.15) is 0 Å². The molecule has 0 spiro atoms. The van der Waals surface area contributed by atoms with Gasteiger partial charge < -0.3 is 5.11 Å². The SMILES string of the molecule is CC(C)(C)C(O)c1cnnn1-c1ccccc1. The van der Waals surface area contributed by atoms with Gasteiger partial charge in [-0.25, -0.2) is 4.68 Å². The van der Waals surface area contributed by atoms with Gasteiger partial charge in [-0.3, -0.25) is 0 Å². The van der Waals surface area contributed by atoms with Crippen LogP contribution in [-0.4, -0.2) is 20.1 Å². The Morgan fingerprint density at radius 3 is 2.41 bits per heavy atom. The lowest BCUT2D eigenvalue weighted by atomic mass is 9.87. The van der Waals surface area contributed by atoms with E-state index >= 15 is 0 Å². The highest BCUT2D eigenvalue weighted by atomic mass is 16.3. The normalized spacial score (nSPS) is 13.6. The minimum absolute atomic E-state index is 0.242. The van der Waals surface area contributed by atoms with Crippen LogP contribution in [0.3, 0.4) is 0 Å². The molecule has 4 heteroatoms. The third-order valence-electron chi connectivity index (χ3n) is 2.68. The lowest BCUT2D eigenvalue weighted by Crippen LogP contribution is -2.20. The maximum Gasteiger partial charge on any atom is 0.103 e. The summed E-state index contributed by atoms with van der Waals surface area (Å²) < 4.78 is 1.68. The maximum atomic E-state index is 10.3. The molecule has 0 bridgehead atoms. The van der Waals surface area contributed by atoms with Gasteiger partial charge in [-0.1, -0.05) is 44.2 Å². The molecular formula is C13H17N3O. The van der Waals surface area contributed by atoms with E-state index in [1.54, 1.807) is 10.9 Å². The first kappa shape index (κ1) is 11.8. The van der Waals surface area contributed by atoms with E-state index in [0.717, 1.165) is 5.69 Å². The molecule has 0 saturated heterocycles. The van der Waals surface area contributed by atoms with E-state index in [0.29, 0.717) is 5.69 Å². The topological polar surface area (TPSA) is 50.9 Å². The first-order chi connectivity index (χ1) is 8.00. The van der Waals surface area contributed by atoms with Gasteiger partial charge in [0.1, 0.15) is 6.10 Å². The van der Waals surface area contributed by atoms with E-state index in [9.17, 15) is 5.11 Å². The number of aromatic nitrogens is 3. The highest BCUT2D eigenvalue weighted by molar-refractivity contribution is 5.32. The van der Waals surface area contributed by atoms with Crippen LogP contribution in [0, 0.1) is 5.41 Å². The van der Waals surface area contributed by atoms with Crippen LogP contribution in [0.25, 0.3) is 5.69 Å². The lowest BCUT2D eigenvalue weighted by molar-refractivity contribution is 0.0568. The van der Waals surface area contributed by atoms with Crippen molar-refractivity contribution >= 4 is 0 Å². The van der Waals surface area contributed by atoms with Crippen LogP contribution in [0.1, 0.15) is 32.6 Å². The molecule has 1 aromatic carbocycles. The fourth-order valence-corrected chi connectivity index (χ4v) is 1.64. The summed E-state index contributed by atoms with van der Waals surface area (Å²) in [5, 5.41) is 18.2. The van der Waals surface area contributed by atoms with Gasteiger partial charge in [0.25, 0.3) is 0 Å². The van der Waals surface area contributed by atoms with Gasteiger partial charge in [0.15, 0.2) is 0 Å². The van der Waals surface area contributed by atoms with Crippen LogP contribution in [0.5, 0.6) is 0 Å². The van der Waals surface area contributed by atoms with Crippen molar-refractivity contribution in [2.24, 2.45) is 5.41 Å². The third kappa shape index (κ3) is 2.36. The summed E-state index contributed by atoms with van der Waals surface area (Å²) in [5.74, 6) is 0. The van der Waals surface area contributed by atoms with Crippen LogP contribution >= 0.6 is 0 Å². The van der Waals surface area contributed by atoms with Crippen molar-refractivity contribution in [3.63, 3.8) is 0 Å². The monoisotopic (exact) mass is 231 g/mol. The molecule has 0 aliphatic carbocycles. The van der Waals surface area contributed by atoms with E-state index in [1.165, 1.54) is 0 Å². The quantitative estimate of drug-likeness (QED) is 0.863. The molecule has 1 heterocycles. The van der Waals surface area contributed by atoms with Crippen LogP contribution in [-0.2, 0) is 0 Å². The summed E-state index contributed by atoms with van der Waals surface area (Å²) >= 11 is 0. The Hall–Kier alpha value is -1.68. The molecule has 17 heavy (non-hydrogen) atoms. The van der Waals surface area contributed by atoms with Crippen molar-refractivity contribution in [2.45, 2.75) is 26.9 Å². The Morgan fingerprint density at radius 1 is 1.18 bits per heavy atom. The highest BCUT2D eigenvalue weighted by Crippen LogP contribution is 2.32. The van der Waals surface area contributed by atoms with Crippen molar-refractivity contribution in [2.75, 3.05) is 0 Å². The molecule has 0 amide bonds. The van der Waals surface area contributed by atoms with Crippen molar-refractivity contribution in [3.05, 3.63) is 42.2 Å². The summed E-state index contributed by atoms with van der Waals surface area (Å²) in [6.45, 7) is 5.96. The van der Waals surface area contributed by atoms with Crippen molar-refractivity contribution < 1.29 is 5.11 Å². The predicted molar refractivity (Wildman–Crippen MR) is 65.8 cm³/mol. The molecule has 0 aliphatic heterocycles. The smallest absolute Gasteiger partial charge is 0.103 e. The Morgan fingerprint density at radius 2 is 1.82 bits per heavy atom. The third-order valence-corrected chi connectivity index (χ3v) is 2.68. The van der Waals surface area contributed by atoms with Crippen LogP contribution in [0.2, 0.25) is 0 Å². The molecule has 1 aromatic heterocycles. The van der Waals surface area contributed by atoms with Crippen LogP contribution < -0.4 is 0 Å². The number of aliphatic hydroxyl groups is 1. The fourth-order valence-electron chi connectivity index (χ4n) is 1.64. The average molecular weight is 231 g/mol. The van der Waals surface area contributed by atoms with E-state index in [2.05, 4.69) is 10.3 Å². The van der Waals surface area contributed by atoms with Gasteiger partial charge in [0, 0.05) is 0 Å². The second-order valence-electron chi connectivity index (χ2n) is 5.17. The molecule has 0 saturated carbocycles. The number of aliphatic hydroxyl groups excluding tert-OH is 1. The number of benzene rings is 1. The molecule has 0 radical (unpaired) electrons. The zero-order valence-electron chi connectivity index (χ0n) is 10.3. The molecule has 90 valence electrons. The van der Waals surface area contributed by atoms with Gasteiger partial charge in [0.2, 0.25) is 0 Å². The minimum Gasteiger partial charge on any atom is -0.386 e. The second kappa shape index (κ2) is 4.30. The Labute approximate surface area is 101 Å². The first-order valence-electron chi connectivity index (χ1n) is 5.64. The summed E-state index contributed by atoms with van der Waals surface area (Å²) in [6.07, 6.45) is 1.01. The lowest BCUT2D eigenvalue weighted by Gasteiger charge is -2.25. The van der Waals surface area contributed by atoms with E-state index in [4.69, 9.17) is 0 Å². The summed E-state index contributed by atoms with van der Waals surface area (Å²) in [4.78, 5) is 0. The largest absolute Gasteiger partial charge is 0.386 e. The van der Waals surface area contributed by atoms with E-state index in [1.807, 2.05) is 51.1 Å². The van der Waals surface area contributed by atoms with Gasteiger partial charge in [-0.15, -0.1) is 5.10 Å². The molecule has 2 aromatic rings. The number of hydrogen-bond donors (Lipinski definition) is 1. The van der Waals surface area contributed by atoms with E-state index < -0.39 is 6.10 Å². The number of nitrogens with zero attached hydrogens (tertiary/aromatic N) is 3. The minimum atomic E-state index is -0.599. The van der Waals surface area contributed by atoms with Gasteiger partial charge in [0.05, 0.1) is 17.6 Å². The molecule has 1 unspecified atom stereocenters. The Kier molecular flexibility index (Phi) is 2.98. The number of rotatable bonds is 2. The Bertz CT molecular complexity index is 485. The molecule has 0 aliphatic rings. The number of para-hydroxylation sites is 1. The molecule has 1 N–H and O–H groups in total. The number of hydrogen-bond acceptors (Lipinski definition) is 3.